The van der Waals surface area contributed by atoms with E-state index in [-0.39, 0.29) is 28.9 Å². The van der Waals surface area contributed by atoms with Gasteiger partial charge in [-0.3, -0.25) is 9.59 Å². The standard InChI is InChI=1S/C27H34N2O6/c1-6-34-22-16-19(10-13-21(22)30)24-23(26(32)27(33)29(24)15-7-14-28(4)5)25(31)18-8-11-20(12-9-18)35-17(2)3/h8-13,16-17,24,30-31H,6-7,14-15H2,1-5H3/b25-23-. The quantitative estimate of drug-likeness (QED) is 0.300. The van der Waals surface area contributed by atoms with Crippen molar-refractivity contribution in [3.63, 3.8) is 0 Å². The Balaban J connectivity index is 2.09. The lowest BCUT2D eigenvalue weighted by Crippen LogP contribution is -2.32. The number of Topliss-reactive ketones (excluding diaryl/α,β-unsaturated/α-hetero) is 1. The molecule has 3 rings (SSSR count). The van der Waals surface area contributed by atoms with E-state index in [1.807, 2.05) is 32.8 Å². The first-order chi connectivity index (χ1) is 16.6. The van der Waals surface area contributed by atoms with Gasteiger partial charge in [0.1, 0.15) is 11.5 Å². The molecule has 35 heavy (non-hydrogen) atoms. The van der Waals surface area contributed by atoms with Crippen molar-refractivity contribution in [2.45, 2.75) is 39.3 Å². The zero-order valence-corrected chi connectivity index (χ0v) is 20.9. The van der Waals surface area contributed by atoms with Crippen LogP contribution in [0.5, 0.6) is 17.2 Å². The van der Waals surface area contributed by atoms with Crippen LogP contribution in [0.2, 0.25) is 0 Å². The lowest BCUT2D eigenvalue weighted by Gasteiger charge is -2.26. The number of phenolic OH excluding ortho intramolecular Hbond substituents is 1. The van der Waals surface area contributed by atoms with Crippen molar-refractivity contribution in [2.75, 3.05) is 33.8 Å². The van der Waals surface area contributed by atoms with Crippen LogP contribution in [0.1, 0.15) is 44.4 Å². The minimum atomic E-state index is -0.816. The number of aliphatic hydroxyl groups excluding tert-OH is 1. The lowest BCUT2D eigenvalue weighted by molar-refractivity contribution is -0.139. The molecule has 2 N–H and O–H groups in total. The first-order valence-corrected chi connectivity index (χ1v) is 11.8. The number of carbonyl (C=O) groups is 2. The van der Waals surface area contributed by atoms with Gasteiger partial charge in [-0.2, -0.15) is 0 Å². The third-order valence-electron chi connectivity index (χ3n) is 5.64. The van der Waals surface area contributed by atoms with E-state index in [1.54, 1.807) is 43.3 Å². The van der Waals surface area contributed by atoms with Gasteiger partial charge in [-0.15, -0.1) is 0 Å². The first kappa shape index (κ1) is 26.1. The van der Waals surface area contributed by atoms with Gasteiger partial charge in [-0.1, -0.05) is 6.07 Å². The Labute approximate surface area is 206 Å². The van der Waals surface area contributed by atoms with Crippen LogP contribution < -0.4 is 9.47 Å². The SMILES string of the molecule is CCOc1cc(C2/C(=C(/O)c3ccc(OC(C)C)cc3)C(=O)C(=O)N2CCCN(C)C)ccc1O. The molecule has 0 bridgehead atoms. The number of aliphatic hydroxyl groups is 1. The van der Waals surface area contributed by atoms with E-state index in [0.29, 0.717) is 36.4 Å². The van der Waals surface area contributed by atoms with Crippen molar-refractivity contribution in [1.82, 2.24) is 9.80 Å². The normalized spacial score (nSPS) is 17.5. The summed E-state index contributed by atoms with van der Waals surface area (Å²) in [5.74, 6) is -0.824. The van der Waals surface area contributed by atoms with Crippen molar-refractivity contribution in [3.8, 4) is 17.2 Å². The summed E-state index contributed by atoms with van der Waals surface area (Å²) in [6.07, 6.45) is 0.643. The number of amides is 1. The van der Waals surface area contributed by atoms with Gasteiger partial charge in [0.25, 0.3) is 11.7 Å². The van der Waals surface area contributed by atoms with Gasteiger partial charge in [-0.25, -0.2) is 0 Å². The maximum Gasteiger partial charge on any atom is 0.295 e. The number of phenols is 1. The molecule has 1 aliphatic rings. The summed E-state index contributed by atoms with van der Waals surface area (Å²) in [6, 6.07) is 10.6. The summed E-state index contributed by atoms with van der Waals surface area (Å²) in [4.78, 5) is 29.7. The molecule has 1 unspecified atom stereocenters. The van der Waals surface area contributed by atoms with Crippen molar-refractivity contribution in [2.24, 2.45) is 0 Å². The second kappa shape index (κ2) is 11.3. The van der Waals surface area contributed by atoms with Gasteiger partial charge in [0.05, 0.1) is 24.3 Å². The zero-order chi connectivity index (χ0) is 25.7. The smallest absolute Gasteiger partial charge is 0.295 e. The molecule has 0 aliphatic carbocycles. The number of hydrogen-bond donors (Lipinski definition) is 2. The van der Waals surface area contributed by atoms with E-state index in [0.717, 1.165) is 6.54 Å². The minimum absolute atomic E-state index is 0.00373. The molecule has 2 aromatic carbocycles. The van der Waals surface area contributed by atoms with Crippen LogP contribution in [-0.2, 0) is 9.59 Å². The molecule has 8 nitrogen and oxygen atoms in total. The summed E-state index contributed by atoms with van der Waals surface area (Å²) in [5.41, 5.74) is 0.975. The molecule has 0 saturated carbocycles. The van der Waals surface area contributed by atoms with E-state index < -0.39 is 17.7 Å². The fraction of sp³-hybridized carbons (Fsp3) is 0.407. The number of likely N-dealkylation sites (tertiary alicyclic amines) is 1. The van der Waals surface area contributed by atoms with Crippen LogP contribution >= 0.6 is 0 Å². The number of hydrogen-bond acceptors (Lipinski definition) is 7. The Bertz CT molecular complexity index is 1090. The number of ether oxygens (including phenoxy) is 2. The third kappa shape index (κ3) is 5.95. The Morgan fingerprint density at radius 2 is 1.80 bits per heavy atom. The number of benzene rings is 2. The molecule has 1 atom stereocenters. The highest BCUT2D eigenvalue weighted by Gasteiger charge is 2.46. The predicted octanol–water partition coefficient (Wildman–Crippen LogP) is 3.95. The first-order valence-electron chi connectivity index (χ1n) is 11.8. The van der Waals surface area contributed by atoms with Gasteiger partial charge in [0, 0.05) is 12.1 Å². The molecule has 1 saturated heterocycles. The van der Waals surface area contributed by atoms with Gasteiger partial charge < -0.3 is 29.5 Å². The molecule has 0 aromatic heterocycles. The summed E-state index contributed by atoms with van der Waals surface area (Å²) in [6.45, 7) is 7.03. The van der Waals surface area contributed by atoms with E-state index in [9.17, 15) is 19.8 Å². The molecular formula is C27H34N2O6. The topological polar surface area (TPSA) is 99.5 Å². The van der Waals surface area contributed by atoms with Crippen molar-refractivity contribution in [1.29, 1.82) is 0 Å². The highest BCUT2D eigenvalue weighted by Crippen LogP contribution is 2.42. The molecular weight excluding hydrogens is 448 g/mol. The summed E-state index contributed by atoms with van der Waals surface area (Å²) < 4.78 is 11.2. The molecule has 1 aliphatic heterocycles. The second-order valence-electron chi connectivity index (χ2n) is 9.00. The maximum absolute atomic E-state index is 13.2. The average Bonchev–Trinajstić information content (AvgIpc) is 3.05. The average molecular weight is 483 g/mol. The summed E-state index contributed by atoms with van der Waals surface area (Å²) in [5, 5.41) is 21.4. The van der Waals surface area contributed by atoms with Crippen LogP contribution in [0.25, 0.3) is 5.76 Å². The number of aromatic hydroxyl groups is 1. The number of rotatable bonds is 10. The molecule has 1 fully saturated rings. The fourth-order valence-electron chi connectivity index (χ4n) is 4.11. The van der Waals surface area contributed by atoms with E-state index in [4.69, 9.17) is 9.47 Å². The summed E-state index contributed by atoms with van der Waals surface area (Å²) >= 11 is 0. The minimum Gasteiger partial charge on any atom is -0.507 e. The molecule has 8 heteroatoms. The van der Waals surface area contributed by atoms with Crippen molar-refractivity contribution >= 4 is 17.4 Å². The monoisotopic (exact) mass is 482 g/mol. The fourth-order valence-corrected chi connectivity index (χ4v) is 4.11. The van der Waals surface area contributed by atoms with Gasteiger partial charge in [0.15, 0.2) is 11.5 Å². The Morgan fingerprint density at radius 3 is 2.40 bits per heavy atom. The van der Waals surface area contributed by atoms with Gasteiger partial charge in [0.2, 0.25) is 0 Å². The predicted molar refractivity (Wildman–Crippen MR) is 134 cm³/mol. The zero-order valence-electron chi connectivity index (χ0n) is 20.9. The molecule has 0 spiro atoms. The van der Waals surface area contributed by atoms with Crippen LogP contribution in [0.3, 0.4) is 0 Å². The van der Waals surface area contributed by atoms with Crippen LogP contribution in [0.15, 0.2) is 48.0 Å². The Hall–Kier alpha value is -3.52. The van der Waals surface area contributed by atoms with E-state index in [2.05, 4.69) is 0 Å². The molecule has 2 aromatic rings. The van der Waals surface area contributed by atoms with Crippen LogP contribution in [0, 0.1) is 0 Å². The Morgan fingerprint density at radius 1 is 1.11 bits per heavy atom. The number of nitrogens with zero attached hydrogens (tertiary/aromatic N) is 2. The van der Waals surface area contributed by atoms with Crippen LogP contribution in [-0.4, -0.2) is 71.6 Å². The highest BCUT2D eigenvalue weighted by atomic mass is 16.5. The maximum atomic E-state index is 13.2. The number of ketones is 1. The van der Waals surface area contributed by atoms with Gasteiger partial charge >= 0.3 is 0 Å². The van der Waals surface area contributed by atoms with Crippen molar-refractivity contribution < 1.29 is 29.3 Å². The van der Waals surface area contributed by atoms with Gasteiger partial charge in [-0.05, 0) is 89.8 Å². The van der Waals surface area contributed by atoms with Crippen molar-refractivity contribution in [3.05, 3.63) is 59.2 Å². The van der Waals surface area contributed by atoms with Crippen LogP contribution in [0.4, 0.5) is 0 Å². The second-order valence-corrected chi connectivity index (χ2v) is 9.00. The van der Waals surface area contributed by atoms with E-state index in [1.165, 1.54) is 11.0 Å². The molecule has 1 amide bonds. The highest BCUT2D eigenvalue weighted by molar-refractivity contribution is 6.46. The molecule has 0 radical (unpaired) electrons. The number of carbonyl (C=O) groups excluding carboxylic acids is 2. The third-order valence-corrected chi connectivity index (χ3v) is 5.64. The largest absolute Gasteiger partial charge is 0.507 e. The summed E-state index contributed by atoms with van der Waals surface area (Å²) in [7, 11) is 3.87. The Kier molecular flexibility index (Phi) is 8.40. The molecule has 1 heterocycles. The lowest BCUT2D eigenvalue weighted by atomic mass is 9.95. The van der Waals surface area contributed by atoms with E-state index >= 15 is 0 Å². The molecule has 188 valence electrons.